The number of hydrogen-bond donors (Lipinski definition) is 1. The summed E-state index contributed by atoms with van der Waals surface area (Å²) in [5.74, 6) is -0.342. The summed E-state index contributed by atoms with van der Waals surface area (Å²) < 4.78 is 0.291. The number of nitro benzene ring substituents is 1. The van der Waals surface area contributed by atoms with Gasteiger partial charge in [0.1, 0.15) is 5.69 Å². The van der Waals surface area contributed by atoms with E-state index in [-0.39, 0.29) is 17.3 Å². The molecule has 1 saturated heterocycles. The second kappa shape index (κ2) is 9.06. The van der Waals surface area contributed by atoms with E-state index in [2.05, 4.69) is 24.2 Å². The van der Waals surface area contributed by atoms with Crippen molar-refractivity contribution in [3.05, 3.63) is 69.1 Å². The Bertz CT molecular complexity index is 972. The van der Waals surface area contributed by atoms with Gasteiger partial charge in [0, 0.05) is 24.8 Å². The monoisotopic (exact) mass is 428 g/mol. The minimum absolute atomic E-state index is 0.127. The molecule has 150 valence electrons. The molecule has 1 heterocycles. The molecule has 0 aliphatic carbocycles. The largest absolute Gasteiger partial charge is 0.372 e. The summed E-state index contributed by atoms with van der Waals surface area (Å²) in [5.41, 5.74) is 4.86. The fraction of sp³-hybridized carbons (Fsp3) is 0.200. The number of carbonyl (C=O) groups excluding carboxylic acids is 1. The molecule has 0 saturated carbocycles. The van der Waals surface area contributed by atoms with Crippen molar-refractivity contribution >= 4 is 57.3 Å². The van der Waals surface area contributed by atoms with E-state index in [4.69, 9.17) is 12.2 Å². The van der Waals surface area contributed by atoms with Gasteiger partial charge < -0.3 is 4.90 Å². The molecule has 29 heavy (non-hydrogen) atoms. The molecular weight excluding hydrogens is 408 g/mol. The minimum atomic E-state index is -0.507. The van der Waals surface area contributed by atoms with Gasteiger partial charge in [-0.2, -0.15) is 0 Å². The molecule has 0 atom stereocenters. The number of nitro groups is 1. The van der Waals surface area contributed by atoms with Gasteiger partial charge in [-0.05, 0) is 55.9 Å². The Balaban J connectivity index is 1.79. The Morgan fingerprint density at radius 1 is 1.17 bits per heavy atom. The van der Waals surface area contributed by atoms with E-state index in [1.807, 2.05) is 24.3 Å². The first kappa shape index (κ1) is 20.8. The van der Waals surface area contributed by atoms with Gasteiger partial charge in [-0.25, -0.2) is 5.01 Å². The highest BCUT2D eigenvalue weighted by Crippen LogP contribution is 2.34. The summed E-state index contributed by atoms with van der Waals surface area (Å²) in [7, 11) is 0. The lowest BCUT2D eigenvalue weighted by molar-refractivity contribution is -0.384. The second-order valence-electron chi connectivity index (χ2n) is 6.17. The fourth-order valence-electron chi connectivity index (χ4n) is 2.93. The maximum absolute atomic E-state index is 12.8. The average molecular weight is 429 g/mol. The summed E-state index contributed by atoms with van der Waals surface area (Å²) in [6.07, 6.45) is 1.77. The van der Waals surface area contributed by atoms with E-state index in [1.54, 1.807) is 18.2 Å². The van der Waals surface area contributed by atoms with Gasteiger partial charge in [-0.15, -0.1) is 0 Å². The summed E-state index contributed by atoms with van der Waals surface area (Å²) >= 11 is 6.45. The van der Waals surface area contributed by atoms with Crippen LogP contribution in [0, 0.1) is 10.1 Å². The first-order valence-corrected chi connectivity index (χ1v) is 10.3. The summed E-state index contributed by atoms with van der Waals surface area (Å²) in [6.45, 7) is 6.05. The van der Waals surface area contributed by atoms with Crippen LogP contribution in [0.3, 0.4) is 0 Å². The zero-order valence-corrected chi connectivity index (χ0v) is 17.6. The second-order valence-corrected chi connectivity index (χ2v) is 7.84. The Morgan fingerprint density at radius 2 is 1.83 bits per heavy atom. The maximum atomic E-state index is 12.8. The Morgan fingerprint density at radius 3 is 2.45 bits per heavy atom. The van der Waals surface area contributed by atoms with Gasteiger partial charge in [0.15, 0.2) is 4.32 Å². The number of thioether (sulfide) groups is 1. The van der Waals surface area contributed by atoms with Crippen molar-refractivity contribution in [2.45, 2.75) is 13.8 Å². The first-order chi connectivity index (χ1) is 13.9. The molecule has 9 heteroatoms. The van der Waals surface area contributed by atoms with E-state index in [0.717, 1.165) is 36.1 Å². The number of thiocarbonyl (C=S) groups is 1. The highest BCUT2D eigenvalue weighted by atomic mass is 32.2. The van der Waals surface area contributed by atoms with Crippen molar-refractivity contribution in [1.82, 2.24) is 5.01 Å². The number of nitrogens with one attached hydrogen (secondary N) is 1. The van der Waals surface area contributed by atoms with Crippen molar-refractivity contribution in [2.75, 3.05) is 23.4 Å². The van der Waals surface area contributed by atoms with Crippen LogP contribution >= 0.6 is 24.0 Å². The number of anilines is 2. The van der Waals surface area contributed by atoms with Crippen molar-refractivity contribution in [1.29, 1.82) is 0 Å². The molecule has 1 amide bonds. The number of nitrogens with zero attached hydrogens (tertiary/aromatic N) is 3. The number of para-hydroxylation sites is 2. The Labute approximate surface area is 178 Å². The van der Waals surface area contributed by atoms with Crippen LogP contribution in [0.4, 0.5) is 17.1 Å². The maximum Gasteiger partial charge on any atom is 0.294 e. The highest BCUT2D eigenvalue weighted by Gasteiger charge is 2.33. The van der Waals surface area contributed by atoms with E-state index < -0.39 is 4.92 Å². The van der Waals surface area contributed by atoms with Gasteiger partial charge in [-0.3, -0.25) is 20.3 Å². The van der Waals surface area contributed by atoms with E-state index in [0.29, 0.717) is 9.23 Å². The van der Waals surface area contributed by atoms with Crippen LogP contribution in [0.25, 0.3) is 6.08 Å². The van der Waals surface area contributed by atoms with Crippen LogP contribution in [0.15, 0.2) is 53.4 Å². The molecule has 2 aromatic carbocycles. The lowest BCUT2D eigenvalue weighted by Gasteiger charge is -2.20. The molecule has 0 aromatic heterocycles. The summed E-state index contributed by atoms with van der Waals surface area (Å²) in [6, 6.07) is 14.1. The predicted molar refractivity (Wildman–Crippen MR) is 122 cm³/mol. The highest BCUT2D eigenvalue weighted by molar-refractivity contribution is 8.26. The molecule has 7 nitrogen and oxygen atoms in total. The van der Waals surface area contributed by atoms with Crippen molar-refractivity contribution in [2.24, 2.45) is 0 Å². The molecule has 1 N–H and O–H groups in total. The molecule has 0 radical (unpaired) electrons. The quantitative estimate of drug-likeness (QED) is 0.297. The molecule has 1 fully saturated rings. The van der Waals surface area contributed by atoms with Crippen LogP contribution in [0.1, 0.15) is 19.4 Å². The number of hydrazine groups is 1. The van der Waals surface area contributed by atoms with E-state index in [1.165, 1.54) is 17.1 Å². The number of hydrogen-bond acceptors (Lipinski definition) is 7. The minimum Gasteiger partial charge on any atom is -0.372 e. The standard InChI is InChI=1S/C20H20N4O3S2/c1-3-22(4-2)15-11-9-14(10-12-15)13-18-19(25)23(20(28)29-18)21-16-7-5-6-8-17(16)24(26)27/h5-13,21H,3-4H2,1-2H3/b18-13+. The van der Waals surface area contributed by atoms with Crippen LogP contribution in [0.5, 0.6) is 0 Å². The van der Waals surface area contributed by atoms with Crippen molar-refractivity contribution < 1.29 is 9.72 Å². The SMILES string of the molecule is CCN(CC)c1ccc(/C=C2/SC(=S)N(Nc3ccccc3[N+](=O)[O-])C2=O)cc1. The first-order valence-electron chi connectivity index (χ1n) is 9.07. The number of benzene rings is 2. The van der Waals surface area contributed by atoms with Gasteiger partial charge in [0.25, 0.3) is 11.6 Å². The van der Waals surface area contributed by atoms with Crippen LogP contribution < -0.4 is 10.3 Å². The molecule has 0 bridgehead atoms. The molecule has 1 aliphatic heterocycles. The normalized spacial score (nSPS) is 15.1. The van der Waals surface area contributed by atoms with Crippen molar-refractivity contribution in [3.8, 4) is 0 Å². The Kier molecular flexibility index (Phi) is 6.50. The summed E-state index contributed by atoms with van der Waals surface area (Å²) in [5, 5.41) is 12.4. The van der Waals surface area contributed by atoms with Gasteiger partial charge in [0.2, 0.25) is 0 Å². The van der Waals surface area contributed by atoms with E-state index >= 15 is 0 Å². The Hall–Kier alpha value is -2.91. The number of rotatable bonds is 7. The zero-order chi connectivity index (χ0) is 21.0. The number of amides is 1. The third kappa shape index (κ3) is 4.57. The summed E-state index contributed by atoms with van der Waals surface area (Å²) in [4.78, 5) is 26.2. The van der Waals surface area contributed by atoms with Gasteiger partial charge in [0.05, 0.1) is 9.83 Å². The molecule has 3 rings (SSSR count). The smallest absolute Gasteiger partial charge is 0.294 e. The molecule has 0 spiro atoms. The van der Waals surface area contributed by atoms with Gasteiger partial charge in [-0.1, -0.05) is 36.0 Å². The fourth-order valence-corrected chi connectivity index (χ4v) is 4.11. The third-order valence-electron chi connectivity index (χ3n) is 4.45. The average Bonchev–Trinajstić information content (AvgIpc) is 2.98. The lowest BCUT2D eigenvalue weighted by Crippen LogP contribution is -2.34. The molecular formula is C20H20N4O3S2. The van der Waals surface area contributed by atoms with Crippen molar-refractivity contribution in [3.63, 3.8) is 0 Å². The van der Waals surface area contributed by atoms with Gasteiger partial charge >= 0.3 is 0 Å². The zero-order valence-electron chi connectivity index (χ0n) is 16.0. The topological polar surface area (TPSA) is 78.7 Å². The van der Waals surface area contributed by atoms with Crippen LogP contribution in [-0.2, 0) is 4.79 Å². The van der Waals surface area contributed by atoms with Crippen LogP contribution in [0.2, 0.25) is 0 Å². The molecule has 1 aliphatic rings. The lowest BCUT2D eigenvalue weighted by atomic mass is 10.1. The molecule has 2 aromatic rings. The third-order valence-corrected chi connectivity index (χ3v) is 5.75. The van der Waals surface area contributed by atoms with Crippen LogP contribution in [-0.4, -0.2) is 33.2 Å². The predicted octanol–water partition coefficient (Wildman–Crippen LogP) is 4.67. The van der Waals surface area contributed by atoms with E-state index in [9.17, 15) is 14.9 Å². The molecule has 0 unspecified atom stereocenters. The number of carbonyl (C=O) groups is 1.